The van der Waals surface area contributed by atoms with Gasteiger partial charge in [-0.15, -0.1) is 0 Å². The van der Waals surface area contributed by atoms with Crippen LogP contribution in [0.1, 0.15) is 16.7 Å². The summed E-state index contributed by atoms with van der Waals surface area (Å²) >= 11 is 0. The Kier molecular flexibility index (Phi) is 4.32. The molecule has 0 radical (unpaired) electrons. The fourth-order valence-electron chi connectivity index (χ4n) is 4.26. The average molecular weight is 404 g/mol. The van der Waals surface area contributed by atoms with Crippen LogP contribution in [0, 0.1) is 0 Å². The van der Waals surface area contributed by atoms with Crippen LogP contribution in [0.15, 0.2) is 85.5 Å². The number of fused-ring (bicyclic) bond motifs is 2. The highest BCUT2D eigenvalue weighted by atomic mass is 16.5. The third-order valence-electron chi connectivity index (χ3n) is 5.79. The summed E-state index contributed by atoms with van der Waals surface area (Å²) in [7, 11) is 0. The van der Waals surface area contributed by atoms with E-state index in [2.05, 4.69) is 63.1 Å². The third kappa shape index (κ3) is 3.20. The van der Waals surface area contributed by atoms with Crippen molar-refractivity contribution in [2.24, 2.45) is 0 Å². The molecule has 6 rings (SSSR count). The van der Waals surface area contributed by atoms with Crippen LogP contribution in [-0.2, 0) is 24.5 Å². The number of rotatable bonds is 4. The first kappa shape index (κ1) is 18.0. The maximum atomic E-state index is 5.70. The van der Waals surface area contributed by atoms with Gasteiger partial charge in [-0.3, -0.25) is 0 Å². The highest BCUT2D eigenvalue weighted by Gasteiger charge is 2.20. The first-order valence-corrected chi connectivity index (χ1v) is 10.4. The van der Waals surface area contributed by atoms with Crippen molar-refractivity contribution in [1.29, 1.82) is 0 Å². The minimum atomic E-state index is 0.633. The summed E-state index contributed by atoms with van der Waals surface area (Å²) in [5, 5.41) is 0. The molecular formula is C26H20N4O. The fraction of sp³-hybridized carbons (Fsp3) is 0.115. The Morgan fingerprint density at radius 2 is 1.48 bits per heavy atom. The van der Waals surface area contributed by atoms with Gasteiger partial charge in [0.1, 0.15) is 17.5 Å². The molecule has 0 spiro atoms. The lowest BCUT2D eigenvalue weighted by Crippen LogP contribution is -2.00. The van der Waals surface area contributed by atoms with Gasteiger partial charge in [-0.1, -0.05) is 60.7 Å². The molecule has 0 unspecified atom stereocenters. The maximum Gasteiger partial charge on any atom is 0.164 e. The van der Waals surface area contributed by atoms with E-state index >= 15 is 0 Å². The number of nitrogens with zero attached hydrogens (tertiary/aromatic N) is 4. The topological polar surface area (TPSA) is 52.8 Å². The number of ether oxygens (including phenoxy) is 1. The van der Waals surface area contributed by atoms with Gasteiger partial charge in [-0.05, 0) is 39.9 Å². The lowest BCUT2D eigenvalue weighted by molar-refractivity contribution is 0.134. The minimum absolute atomic E-state index is 0.633. The van der Waals surface area contributed by atoms with E-state index in [0.29, 0.717) is 13.2 Å². The van der Waals surface area contributed by atoms with Gasteiger partial charge in [0.25, 0.3) is 0 Å². The quantitative estimate of drug-likeness (QED) is 0.411. The second-order valence-electron chi connectivity index (χ2n) is 7.78. The molecule has 0 bridgehead atoms. The highest BCUT2D eigenvalue weighted by Crippen LogP contribution is 2.38. The predicted octanol–water partition coefficient (Wildman–Crippen LogP) is 5.24. The van der Waals surface area contributed by atoms with Gasteiger partial charge in [0, 0.05) is 5.56 Å². The third-order valence-corrected chi connectivity index (χ3v) is 5.79. The lowest BCUT2D eigenvalue weighted by Gasteiger charge is -2.13. The predicted molar refractivity (Wildman–Crippen MR) is 120 cm³/mol. The number of imidazole rings is 1. The fourth-order valence-corrected chi connectivity index (χ4v) is 4.26. The molecular weight excluding hydrogens is 384 g/mol. The van der Waals surface area contributed by atoms with Crippen LogP contribution < -0.4 is 0 Å². The number of benzene rings is 3. The molecule has 150 valence electrons. The minimum Gasteiger partial charge on any atom is -0.372 e. The molecule has 3 heterocycles. The standard InChI is InChI=1S/C26H20N4O/c1-3-7-18(8-4-1)13-30-17-29-25-24(27-16-28-26(25)30)23-12-21-15-31-14-20(21)11-22(23)19-9-5-2-6-10-19/h1-12,16-17H,13-15H2. The van der Waals surface area contributed by atoms with Crippen molar-refractivity contribution in [3.05, 3.63) is 102 Å². The van der Waals surface area contributed by atoms with Crippen molar-refractivity contribution in [1.82, 2.24) is 19.5 Å². The zero-order chi connectivity index (χ0) is 20.6. The van der Waals surface area contributed by atoms with Crippen LogP contribution in [0.4, 0.5) is 0 Å². The van der Waals surface area contributed by atoms with Crippen molar-refractivity contribution in [3.8, 4) is 22.4 Å². The first-order valence-electron chi connectivity index (χ1n) is 10.4. The summed E-state index contributed by atoms with van der Waals surface area (Å²) in [5.41, 5.74) is 9.52. The molecule has 2 aromatic heterocycles. The van der Waals surface area contributed by atoms with E-state index < -0.39 is 0 Å². The number of aromatic nitrogens is 4. The van der Waals surface area contributed by atoms with Crippen LogP contribution in [0.2, 0.25) is 0 Å². The van der Waals surface area contributed by atoms with Gasteiger partial charge in [-0.25, -0.2) is 15.0 Å². The summed E-state index contributed by atoms with van der Waals surface area (Å²) in [4.78, 5) is 14.0. The molecule has 0 saturated heterocycles. The smallest absolute Gasteiger partial charge is 0.164 e. The van der Waals surface area contributed by atoms with Gasteiger partial charge in [0.05, 0.1) is 26.1 Å². The molecule has 0 amide bonds. The Hall–Kier alpha value is -3.83. The maximum absolute atomic E-state index is 5.70. The van der Waals surface area contributed by atoms with Crippen molar-refractivity contribution < 1.29 is 4.74 Å². The zero-order valence-electron chi connectivity index (χ0n) is 16.9. The number of hydrogen-bond acceptors (Lipinski definition) is 4. The van der Waals surface area contributed by atoms with Gasteiger partial charge >= 0.3 is 0 Å². The van der Waals surface area contributed by atoms with Gasteiger partial charge in [0.2, 0.25) is 0 Å². The van der Waals surface area contributed by atoms with E-state index in [4.69, 9.17) is 9.72 Å². The molecule has 5 nitrogen and oxygen atoms in total. The Morgan fingerprint density at radius 1 is 0.774 bits per heavy atom. The summed E-state index contributed by atoms with van der Waals surface area (Å²) in [6.07, 6.45) is 3.49. The first-order chi connectivity index (χ1) is 15.4. The molecule has 5 aromatic rings. The van der Waals surface area contributed by atoms with Crippen LogP contribution in [0.3, 0.4) is 0 Å². The van der Waals surface area contributed by atoms with Crippen LogP contribution >= 0.6 is 0 Å². The Labute approximate surface area is 180 Å². The van der Waals surface area contributed by atoms with E-state index in [-0.39, 0.29) is 0 Å². The van der Waals surface area contributed by atoms with E-state index in [1.807, 2.05) is 30.6 Å². The van der Waals surface area contributed by atoms with Crippen molar-refractivity contribution >= 4 is 11.2 Å². The SMILES string of the molecule is c1ccc(Cn2cnc3c(-c4cc5c(cc4-c4ccccc4)COC5)ncnc32)cc1. The Balaban J connectivity index is 1.53. The van der Waals surface area contributed by atoms with Crippen LogP contribution in [0.5, 0.6) is 0 Å². The summed E-state index contributed by atoms with van der Waals surface area (Å²) in [6.45, 7) is 2.01. The monoisotopic (exact) mass is 404 g/mol. The van der Waals surface area contributed by atoms with E-state index in [1.165, 1.54) is 16.7 Å². The van der Waals surface area contributed by atoms with E-state index in [9.17, 15) is 0 Å². The van der Waals surface area contributed by atoms with Crippen molar-refractivity contribution in [3.63, 3.8) is 0 Å². The molecule has 0 aliphatic carbocycles. The van der Waals surface area contributed by atoms with E-state index in [1.54, 1.807) is 6.33 Å². The van der Waals surface area contributed by atoms with Gasteiger partial charge in [-0.2, -0.15) is 0 Å². The normalized spacial score (nSPS) is 12.9. The molecule has 3 aromatic carbocycles. The summed E-state index contributed by atoms with van der Waals surface area (Å²) in [6, 6.07) is 25.2. The largest absolute Gasteiger partial charge is 0.372 e. The van der Waals surface area contributed by atoms with Gasteiger partial charge < -0.3 is 9.30 Å². The summed E-state index contributed by atoms with van der Waals surface area (Å²) in [5.74, 6) is 0. The molecule has 1 aliphatic rings. The zero-order valence-corrected chi connectivity index (χ0v) is 16.9. The van der Waals surface area contributed by atoms with Crippen molar-refractivity contribution in [2.75, 3.05) is 0 Å². The second-order valence-corrected chi connectivity index (χ2v) is 7.78. The lowest BCUT2D eigenvalue weighted by atomic mass is 9.92. The Morgan fingerprint density at radius 3 is 2.26 bits per heavy atom. The molecule has 31 heavy (non-hydrogen) atoms. The summed E-state index contributed by atoms with van der Waals surface area (Å²) < 4.78 is 7.78. The van der Waals surface area contributed by atoms with E-state index in [0.717, 1.165) is 40.1 Å². The van der Waals surface area contributed by atoms with Crippen LogP contribution in [-0.4, -0.2) is 19.5 Å². The average Bonchev–Trinajstić information content (AvgIpc) is 3.46. The Bertz CT molecular complexity index is 1380. The van der Waals surface area contributed by atoms with Gasteiger partial charge in [0.15, 0.2) is 5.65 Å². The molecule has 1 aliphatic heterocycles. The molecule has 5 heteroatoms. The van der Waals surface area contributed by atoms with Crippen LogP contribution in [0.25, 0.3) is 33.5 Å². The molecule has 0 fully saturated rings. The number of hydrogen-bond donors (Lipinski definition) is 0. The highest BCUT2D eigenvalue weighted by molar-refractivity contribution is 5.94. The molecule has 0 saturated carbocycles. The van der Waals surface area contributed by atoms with Crippen molar-refractivity contribution in [2.45, 2.75) is 19.8 Å². The second kappa shape index (κ2) is 7.45. The molecule has 0 N–H and O–H groups in total. The molecule has 0 atom stereocenters.